The zero-order valence-electron chi connectivity index (χ0n) is 24.6. The van der Waals surface area contributed by atoms with E-state index in [-0.39, 0.29) is 6.61 Å². The Bertz CT molecular complexity index is 1580. The fourth-order valence-electron chi connectivity index (χ4n) is 3.80. The molecule has 7 nitrogen and oxygen atoms in total. The average molecular weight is 611 g/mol. The van der Waals surface area contributed by atoms with Gasteiger partial charge in [0.25, 0.3) is 0 Å². The van der Waals surface area contributed by atoms with Crippen molar-refractivity contribution >= 4 is 23.7 Å². The molecule has 1 atom stereocenters. The molecule has 0 bridgehead atoms. The van der Waals surface area contributed by atoms with Crippen molar-refractivity contribution in [3.63, 3.8) is 0 Å². The van der Waals surface area contributed by atoms with Gasteiger partial charge in [-0.2, -0.15) is 0 Å². The number of aryl methyl sites for hydroxylation is 1. The van der Waals surface area contributed by atoms with E-state index in [0.717, 1.165) is 32.9 Å². The van der Waals surface area contributed by atoms with Gasteiger partial charge in [-0.3, -0.25) is 0 Å². The van der Waals surface area contributed by atoms with Crippen molar-refractivity contribution in [1.29, 1.82) is 0 Å². The van der Waals surface area contributed by atoms with E-state index in [9.17, 15) is 14.7 Å². The van der Waals surface area contributed by atoms with E-state index in [4.69, 9.17) is 19.3 Å². The van der Waals surface area contributed by atoms with Crippen molar-refractivity contribution in [1.82, 2.24) is 0 Å². The van der Waals surface area contributed by atoms with E-state index in [1.54, 1.807) is 30.8 Å². The van der Waals surface area contributed by atoms with Crippen LogP contribution in [-0.2, 0) is 20.7 Å². The maximum Gasteiger partial charge on any atom is 0.341 e. The van der Waals surface area contributed by atoms with Crippen molar-refractivity contribution in [2.45, 2.75) is 31.3 Å². The first-order chi connectivity index (χ1) is 21.3. The lowest BCUT2D eigenvalue weighted by Crippen LogP contribution is -2.26. The first-order valence-electron chi connectivity index (χ1n) is 13.9. The van der Waals surface area contributed by atoms with Crippen LogP contribution in [0.3, 0.4) is 0 Å². The monoisotopic (exact) mass is 610 g/mol. The summed E-state index contributed by atoms with van der Waals surface area (Å²) in [5.74, 6) is 12.3. The van der Waals surface area contributed by atoms with Crippen molar-refractivity contribution in [3.8, 4) is 35.2 Å². The molecular formula is C36H34O7S. The van der Waals surface area contributed by atoms with Crippen LogP contribution in [0, 0.1) is 30.6 Å². The second-order valence-corrected chi connectivity index (χ2v) is 10.4. The van der Waals surface area contributed by atoms with Crippen molar-refractivity contribution in [2.24, 2.45) is 0 Å². The predicted octanol–water partition coefficient (Wildman–Crippen LogP) is 6.18. The van der Waals surface area contributed by atoms with Gasteiger partial charge in [-0.25, -0.2) is 9.59 Å². The predicted molar refractivity (Wildman–Crippen MR) is 172 cm³/mol. The van der Waals surface area contributed by atoms with E-state index in [1.165, 1.54) is 0 Å². The Morgan fingerprint density at radius 2 is 1.61 bits per heavy atom. The Morgan fingerprint density at radius 1 is 0.909 bits per heavy atom. The third-order valence-corrected chi connectivity index (χ3v) is 6.82. The van der Waals surface area contributed by atoms with Crippen LogP contribution in [0.5, 0.6) is 11.5 Å². The van der Waals surface area contributed by atoms with Crippen molar-refractivity contribution in [2.75, 3.05) is 25.6 Å². The molecule has 3 aromatic carbocycles. The number of rotatable bonds is 14. The fraction of sp³-hybridized carbons (Fsp3) is 0.222. The molecule has 0 saturated carbocycles. The number of thioether (sulfide) groups is 1. The number of hydrogen-bond donors (Lipinski definition) is 2. The molecule has 3 aromatic rings. The molecule has 0 heterocycles. The highest BCUT2D eigenvalue weighted by Gasteiger charge is 2.17. The summed E-state index contributed by atoms with van der Waals surface area (Å²) >= 11 is 1.65. The molecule has 2 N–H and O–H groups in total. The normalized spacial score (nSPS) is 11.3. The lowest BCUT2D eigenvalue weighted by Gasteiger charge is -2.12. The summed E-state index contributed by atoms with van der Waals surface area (Å²) in [4.78, 5) is 23.0. The molecular weight excluding hydrogens is 576 g/mol. The number of benzene rings is 3. The molecule has 0 spiro atoms. The minimum atomic E-state index is -1.00. The summed E-state index contributed by atoms with van der Waals surface area (Å²) < 4.78 is 16.2. The van der Waals surface area contributed by atoms with Gasteiger partial charge in [0, 0.05) is 34.8 Å². The van der Waals surface area contributed by atoms with Gasteiger partial charge in [0.1, 0.15) is 18.1 Å². The molecule has 226 valence electrons. The number of aliphatic carboxylic acids is 2. The van der Waals surface area contributed by atoms with E-state index < -0.39 is 18.0 Å². The smallest absolute Gasteiger partial charge is 0.341 e. The summed E-state index contributed by atoms with van der Waals surface area (Å²) in [6.45, 7) is 4.01. The number of allylic oxidation sites excluding steroid dienone is 2. The van der Waals surface area contributed by atoms with Crippen LogP contribution < -0.4 is 9.47 Å². The molecule has 8 heteroatoms. The third-order valence-electron chi connectivity index (χ3n) is 5.88. The maximum absolute atomic E-state index is 11.3. The molecule has 1 unspecified atom stereocenters. The van der Waals surface area contributed by atoms with Crippen LogP contribution in [0.1, 0.15) is 29.2 Å². The SMILES string of the molecule is CCOC(Cc1ccc(OC/C=C/C#Cc2cccc(C#C/C=C/CSc3ccc(OCC(=O)O)c(C)c3)c2)cc1)C(=O)O. The van der Waals surface area contributed by atoms with E-state index in [1.807, 2.05) is 85.8 Å². The molecule has 0 saturated heterocycles. The third kappa shape index (κ3) is 12.5. The summed E-state index contributed by atoms with van der Waals surface area (Å²) in [5, 5.41) is 18.0. The van der Waals surface area contributed by atoms with Gasteiger partial charge in [0.15, 0.2) is 12.7 Å². The van der Waals surface area contributed by atoms with E-state index >= 15 is 0 Å². The molecule has 0 aromatic heterocycles. The van der Waals surface area contributed by atoms with Crippen LogP contribution in [0.25, 0.3) is 0 Å². The van der Waals surface area contributed by atoms with Gasteiger partial charge in [-0.15, -0.1) is 11.8 Å². The van der Waals surface area contributed by atoms with Gasteiger partial charge in [0.05, 0.1) is 0 Å². The Labute approximate surface area is 262 Å². The molecule has 44 heavy (non-hydrogen) atoms. The summed E-state index contributed by atoms with van der Waals surface area (Å²) in [6, 6.07) is 20.7. The highest BCUT2D eigenvalue weighted by atomic mass is 32.2. The van der Waals surface area contributed by atoms with Gasteiger partial charge in [-0.1, -0.05) is 48.0 Å². The number of carboxylic acids is 2. The van der Waals surface area contributed by atoms with Crippen molar-refractivity contribution < 1.29 is 34.0 Å². The summed E-state index contributed by atoms with van der Waals surface area (Å²) in [6.07, 6.45) is 6.83. The minimum absolute atomic E-state index is 0.300. The van der Waals surface area contributed by atoms with Crippen LogP contribution in [0.2, 0.25) is 0 Å². The highest BCUT2D eigenvalue weighted by Crippen LogP contribution is 2.25. The van der Waals surface area contributed by atoms with Crippen molar-refractivity contribution in [3.05, 3.63) is 113 Å². The van der Waals surface area contributed by atoms with Gasteiger partial charge >= 0.3 is 11.9 Å². The quantitative estimate of drug-likeness (QED) is 0.165. The zero-order valence-corrected chi connectivity index (χ0v) is 25.4. The zero-order chi connectivity index (χ0) is 31.6. The Hall–Kier alpha value is -4.89. The summed E-state index contributed by atoms with van der Waals surface area (Å²) in [5.41, 5.74) is 3.48. The molecule has 0 fully saturated rings. The van der Waals surface area contributed by atoms with Crippen LogP contribution in [0.15, 0.2) is 95.9 Å². The van der Waals surface area contributed by atoms with E-state index in [0.29, 0.717) is 31.1 Å². The largest absolute Gasteiger partial charge is 0.490 e. The Kier molecular flexibility index (Phi) is 14.2. The second-order valence-electron chi connectivity index (χ2n) is 9.29. The molecule has 0 radical (unpaired) electrons. The lowest BCUT2D eigenvalue weighted by molar-refractivity contribution is -0.150. The van der Waals surface area contributed by atoms with Crippen LogP contribution >= 0.6 is 11.8 Å². The standard InChI is InChI=1S/C36H34O7S/c1-3-41-34(36(39)40)25-30-15-17-31(18-16-30)42-21-8-4-6-11-28-13-10-14-29(24-28)12-7-5-9-22-44-32-19-20-33(27(2)23-32)43-26-35(37)38/h4-5,8-10,13-20,23-24,34H,3,21-22,25-26H2,1-2H3,(H,37,38)(H,39,40)/b8-4+,9-5+. The Balaban J connectivity index is 1.41. The molecule has 0 aliphatic carbocycles. The number of carboxylic acid groups (broad SMARTS) is 2. The molecule has 0 aliphatic rings. The highest BCUT2D eigenvalue weighted by molar-refractivity contribution is 7.99. The lowest BCUT2D eigenvalue weighted by atomic mass is 10.1. The molecule has 3 rings (SSSR count). The van der Waals surface area contributed by atoms with Crippen LogP contribution in [0.4, 0.5) is 0 Å². The van der Waals surface area contributed by atoms with Gasteiger partial charge in [0.2, 0.25) is 0 Å². The first-order valence-corrected chi connectivity index (χ1v) is 14.9. The fourth-order valence-corrected chi connectivity index (χ4v) is 4.60. The van der Waals surface area contributed by atoms with Gasteiger partial charge < -0.3 is 24.4 Å². The summed E-state index contributed by atoms with van der Waals surface area (Å²) in [7, 11) is 0. The number of hydrogen-bond acceptors (Lipinski definition) is 6. The number of carbonyl (C=O) groups is 2. The molecule has 0 aliphatic heterocycles. The van der Waals surface area contributed by atoms with Gasteiger partial charge in [-0.05, 0) is 91.7 Å². The van der Waals surface area contributed by atoms with E-state index in [2.05, 4.69) is 23.7 Å². The minimum Gasteiger partial charge on any atom is -0.490 e. The number of ether oxygens (including phenoxy) is 3. The van der Waals surface area contributed by atoms with Crippen LogP contribution in [-0.4, -0.2) is 53.8 Å². The average Bonchev–Trinajstić information content (AvgIpc) is 3.00. The first kappa shape index (κ1) is 33.6. The Morgan fingerprint density at radius 3 is 2.25 bits per heavy atom. The topological polar surface area (TPSA) is 102 Å². The second kappa shape index (κ2) is 18.6. The maximum atomic E-state index is 11.3. The molecule has 0 amide bonds.